The molecule has 0 N–H and O–H groups in total. The van der Waals surface area contributed by atoms with Crippen LogP contribution in [0.1, 0.15) is 40.0 Å². The van der Waals surface area contributed by atoms with Crippen molar-refractivity contribution in [3.8, 4) is 0 Å². The van der Waals surface area contributed by atoms with Crippen molar-refractivity contribution in [3.63, 3.8) is 0 Å². The number of esters is 1. The molecule has 0 amide bonds. The molecule has 3 heteroatoms. The lowest BCUT2D eigenvalue weighted by molar-refractivity contribution is -0.159. The molecule has 0 saturated heterocycles. The summed E-state index contributed by atoms with van der Waals surface area (Å²) in [6.45, 7) is 5.64. The van der Waals surface area contributed by atoms with Crippen LogP contribution in [0.5, 0.6) is 0 Å². The highest BCUT2D eigenvalue weighted by Crippen LogP contribution is 2.43. The van der Waals surface area contributed by atoms with Gasteiger partial charge in [0.25, 0.3) is 0 Å². The molecule has 0 bridgehead atoms. The zero-order valence-corrected chi connectivity index (χ0v) is 11.3. The molecule has 1 aliphatic heterocycles. The lowest BCUT2D eigenvalue weighted by atomic mass is 9.70. The summed E-state index contributed by atoms with van der Waals surface area (Å²) >= 11 is 0. The van der Waals surface area contributed by atoms with Crippen LogP contribution in [0, 0.1) is 5.92 Å². The molecule has 1 saturated carbocycles. The molecule has 1 atom stereocenters. The van der Waals surface area contributed by atoms with Crippen molar-refractivity contribution < 1.29 is 9.53 Å². The van der Waals surface area contributed by atoms with Crippen molar-refractivity contribution in [3.05, 3.63) is 30.2 Å². The summed E-state index contributed by atoms with van der Waals surface area (Å²) in [6, 6.07) is 0. The summed E-state index contributed by atoms with van der Waals surface area (Å²) in [5.74, 6) is 0.897. The summed E-state index contributed by atoms with van der Waals surface area (Å²) in [4.78, 5) is 16.9. The van der Waals surface area contributed by atoms with Crippen LogP contribution in [0.15, 0.2) is 29.3 Å². The first kappa shape index (κ1) is 13.1. The van der Waals surface area contributed by atoms with Crippen LogP contribution in [0.25, 0.3) is 0 Å². The van der Waals surface area contributed by atoms with E-state index in [1.807, 2.05) is 45.1 Å². The van der Waals surface area contributed by atoms with Gasteiger partial charge in [0.15, 0.2) is 5.54 Å². The lowest BCUT2D eigenvalue weighted by Gasteiger charge is -2.39. The maximum absolute atomic E-state index is 12.5. The molecule has 0 aromatic heterocycles. The van der Waals surface area contributed by atoms with Crippen molar-refractivity contribution in [2.45, 2.75) is 51.2 Å². The molecule has 0 aromatic carbocycles. The molecule has 1 radical (unpaired) electrons. The Labute approximate surface area is 109 Å². The van der Waals surface area contributed by atoms with Crippen molar-refractivity contribution in [1.29, 1.82) is 0 Å². The number of hydrogen-bond donors (Lipinski definition) is 0. The van der Waals surface area contributed by atoms with Gasteiger partial charge in [0.1, 0.15) is 5.60 Å². The Kier molecular flexibility index (Phi) is 3.42. The molecule has 1 heterocycles. The van der Waals surface area contributed by atoms with Gasteiger partial charge < -0.3 is 4.74 Å². The third kappa shape index (κ3) is 2.55. The Morgan fingerprint density at radius 2 is 2.00 bits per heavy atom. The van der Waals surface area contributed by atoms with Gasteiger partial charge in [0.2, 0.25) is 0 Å². The number of hydrogen-bond acceptors (Lipinski definition) is 3. The molecule has 2 aliphatic rings. The number of rotatable bonds is 2. The maximum Gasteiger partial charge on any atom is 0.339 e. The summed E-state index contributed by atoms with van der Waals surface area (Å²) in [6.07, 6.45) is 12.2. The molecule has 0 spiro atoms. The van der Waals surface area contributed by atoms with E-state index in [-0.39, 0.29) is 5.97 Å². The highest BCUT2D eigenvalue weighted by Gasteiger charge is 2.48. The van der Waals surface area contributed by atoms with E-state index in [1.165, 1.54) is 0 Å². The Hall–Kier alpha value is -1.38. The molecule has 1 aliphatic carbocycles. The van der Waals surface area contributed by atoms with Crippen LogP contribution in [0.4, 0.5) is 0 Å². The summed E-state index contributed by atoms with van der Waals surface area (Å²) < 4.78 is 5.54. The van der Waals surface area contributed by atoms with Gasteiger partial charge in [-0.3, -0.25) is 4.99 Å². The standard InChI is InChI=1S/C15H20NO2/c1-14(2,3)18-13(17)15(12-8-7-9-12)10-5-4-6-11-16-15/h4-6,10-11H,7-9H2,1-3H3. The molecule has 1 unspecified atom stereocenters. The van der Waals surface area contributed by atoms with Gasteiger partial charge in [-0.25, -0.2) is 4.79 Å². The topological polar surface area (TPSA) is 38.7 Å². The van der Waals surface area contributed by atoms with E-state index in [2.05, 4.69) is 4.99 Å². The van der Waals surface area contributed by atoms with Gasteiger partial charge in [-0.2, -0.15) is 0 Å². The van der Waals surface area contributed by atoms with Crippen molar-refractivity contribution in [2.24, 2.45) is 4.99 Å². The van der Waals surface area contributed by atoms with Crippen LogP contribution >= 0.6 is 0 Å². The normalized spacial score (nSPS) is 27.7. The highest BCUT2D eigenvalue weighted by molar-refractivity contribution is 5.91. The zero-order chi connectivity index (χ0) is 13.2. The van der Waals surface area contributed by atoms with E-state index < -0.39 is 11.1 Å². The van der Waals surface area contributed by atoms with E-state index in [9.17, 15) is 4.79 Å². The number of carbonyl (C=O) groups is 1. The fraction of sp³-hybridized carbons (Fsp3) is 0.533. The Morgan fingerprint density at radius 3 is 2.56 bits per heavy atom. The second-order valence-electron chi connectivity index (χ2n) is 5.75. The summed E-state index contributed by atoms with van der Waals surface area (Å²) in [5.41, 5.74) is -1.38. The molecule has 18 heavy (non-hydrogen) atoms. The highest BCUT2D eigenvalue weighted by atomic mass is 16.6. The predicted molar refractivity (Wildman–Crippen MR) is 72.4 cm³/mol. The maximum atomic E-state index is 12.5. The smallest absolute Gasteiger partial charge is 0.339 e. The van der Waals surface area contributed by atoms with E-state index >= 15 is 0 Å². The van der Waals surface area contributed by atoms with Gasteiger partial charge >= 0.3 is 5.97 Å². The SMILES string of the molecule is CC(C)(C)OC(=O)C1([C]2CCC2)C=CC=CC=N1. The Bertz CT molecular complexity index is 393. The number of allylic oxidation sites excluding steroid dienone is 3. The fourth-order valence-corrected chi connectivity index (χ4v) is 2.08. The van der Waals surface area contributed by atoms with E-state index in [0.29, 0.717) is 0 Å². The number of carbonyl (C=O) groups excluding carboxylic acids is 1. The van der Waals surface area contributed by atoms with Gasteiger partial charge in [0.05, 0.1) is 0 Å². The Morgan fingerprint density at radius 1 is 1.28 bits per heavy atom. The van der Waals surface area contributed by atoms with Crippen molar-refractivity contribution in [2.75, 3.05) is 0 Å². The molecule has 1 fully saturated rings. The Balaban J connectivity index is 2.27. The minimum atomic E-state index is -0.894. The quantitative estimate of drug-likeness (QED) is 0.702. The largest absolute Gasteiger partial charge is 0.458 e. The van der Waals surface area contributed by atoms with E-state index in [4.69, 9.17) is 4.74 Å². The fourth-order valence-electron chi connectivity index (χ4n) is 2.08. The third-order valence-electron chi connectivity index (χ3n) is 3.13. The van der Waals surface area contributed by atoms with Gasteiger partial charge in [-0.1, -0.05) is 18.6 Å². The average molecular weight is 246 g/mol. The van der Waals surface area contributed by atoms with Crippen LogP contribution in [0.2, 0.25) is 0 Å². The minimum Gasteiger partial charge on any atom is -0.458 e. The minimum absolute atomic E-state index is 0.263. The first-order valence-electron chi connectivity index (χ1n) is 6.42. The van der Waals surface area contributed by atoms with Crippen LogP contribution in [0.3, 0.4) is 0 Å². The second-order valence-corrected chi connectivity index (χ2v) is 5.75. The molecule has 97 valence electrons. The van der Waals surface area contributed by atoms with Gasteiger partial charge in [-0.05, 0) is 45.8 Å². The van der Waals surface area contributed by atoms with Gasteiger partial charge in [-0.15, -0.1) is 0 Å². The number of nitrogens with zero attached hydrogens (tertiary/aromatic N) is 1. The number of ether oxygens (including phenoxy) is 1. The molecule has 0 aromatic rings. The van der Waals surface area contributed by atoms with Crippen molar-refractivity contribution in [1.82, 2.24) is 0 Å². The molecule has 3 nitrogen and oxygen atoms in total. The molecular formula is C15H20NO2. The number of aliphatic imine (C=N–C) groups is 1. The van der Waals surface area contributed by atoms with Gasteiger partial charge in [0, 0.05) is 12.1 Å². The average Bonchev–Trinajstić information content (AvgIpc) is 2.39. The molecular weight excluding hydrogens is 226 g/mol. The van der Waals surface area contributed by atoms with Crippen LogP contribution in [-0.4, -0.2) is 23.3 Å². The lowest BCUT2D eigenvalue weighted by Crippen LogP contribution is -2.47. The van der Waals surface area contributed by atoms with E-state index in [1.54, 1.807) is 6.21 Å². The van der Waals surface area contributed by atoms with Crippen molar-refractivity contribution >= 4 is 12.2 Å². The summed E-state index contributed by atoms with van der Waals surface area (Å²) in [5, 5.41) is 0. The second kappa shape index (κ2) is 4.71. The summed E-state index contributed by atoms with van der Waals surface area (Å²) in [7, 11) is 0. The molecule has 2 rings (SSSR count). The van der Waals surface area contributed by atoms with E-state index in [0.717, 1.165) is 25.2 Å². The zero-order valence-electron chi connectivity index (χ0n) is 11.3. The monoisotopic (exact) mass is 246 g/mol. The van der Waals surface area contributed by atoms with Crippen LogP contribution < -0.4 is 0 Å². The first-order valence-corrected chi connectivity index (χ1v) is 6.42. The third-order valence-corrected chi connectivity index (χ3v) is 3.13. The van der Waals surface area contributed by atoms with Crippen LogP contribution in [-0.2, 0) is 9.53 Å². The first-order chi connectivity index (χ1) is 8.44. The predicted octanol–water partition coefficient (Wildman–Crippen LogP) is 3.02.